The van der Waals surface area contributed by atoms with Crippen LogP contribution in [-0.4, -0.2) is 87.7 Å². The summed E-state index contributed by atoms with van der Waals surface area (Å²) in [5, 5.41) is 4.16. The molecule has 0 spiro atoms. The van der Waals surface area contributed by atoms with Gasteiger partial charge in [0.25, 0.3) is 0 Å². The summed E-state index contributed by atoms with van der Waals surface area (Å²) < 4.78 is 28.5. The van der Waals surface area contributed by atoms with Crippen molar-refractivity contribution in [2.75, 3.05) is 43.4 Å². The highest BCUT2D eigenvalue weighted by molar-refractivity contribution is 7.89. The van der Waals surface area contributed by atoms with Crippen molar-refractivity contribution in [3.63, 3.8) is 0 Å². The van der Waals surface area contributed by atoms with E-state index >= 15 is 0 Å². The van der Waals surface area contributed by atoms with Gasteiger partial charge in [0.05, 0.1) is 5.75 Å². The highest BCUT2D eigenvalue weighted by atomic mass is 32.2. The average molecular weight is 433 g/mol. The van der Waals surface area contributed by atoms with E-state index in [1.807, 2.05) is 11.0 Å². The Bertz CT molecular complexity index is 1000. The van der Waals surface area contributed by atoms with Crippen LogP contribution in [0.4, 0.5) is 5.82 Å². The molecule has 2 fully saturated rings. The lowest BCUT2D eigenvalue weighted by atomic mass is 10.1. The van der Waals surface area contributed by atoms with E-state index in [0.29, 0.717) is 57.1 Å². The first-order valence-corrected chi connectivity index (χ1v) is 11.4. The Hall–Kier alpha value is -2.86. The van der Waals surface area contributed by atoms with Crippen molar-refractivity contribution in [1.82, 2.24) is 29.0 Å². The van der Waals surface area contributed by atoms with E-state index in [0.717, 1.165) is 4.90 Å². The number of hydrogen-bond donors (Lipinski definition) is 0. The third-order valence-corrected chi connectivity index (χ3v) is 7.14. The number of imide groups is 1. The van der Waals surface area contributed by atoms with Gasteiger partial charge < -0.3 is 4.90 Å². The maximum atomic E-state index is 12.7. The molecule has 0 unspecified atom stereocenters. The first-order valence-electron chi connectivity index (χ1n) is 9.82. The highest BCUT2D eigenvalue weighted by Crippen LogP contribution is 2.18. The SMILES string of the molecule is O=C1CCCC(=O)N1CCS(=O)(=O)N1CCN(c2cc(-n3cccn3)ncn2)CC1. The van der Waals surface area contributed by atoms with Crippen molar-refractivity contribution < 1.29 is 18.0 Å². The number of likely N-dealkylation sites (tertiary alicyclic amines) is 1. The minimum atomic E-state index is -3.57. The molecule has 2 aromatic heterocycles. The Labute approximate surface area is 174 Å². The van der Waals surface area contributed by atoms with Crippen molar-refractivity contribution in [3.05, 3.63) is 30.9 Å². The van der Waals surface area contributed by atoms with Crippen molar-refractivity contribution in [2.45, 2.75) is 19.3 Å². The Morgan fingerprint density at radius 2 is 1.67 bits per heavy atom. The molecule has 30 heavy (non-hydrogen) atoms. The third-order valence-electron chi connectivity index (χ3n) is 5.29. The van der Waals surface area contributed by atoms with Crippen LogP contribution in [0.1, 0.15) is 19.3 Å². The first kappa shape index (κ1) is 20.4. The molecule has 2 aromatic rings. The molecule has 0 saturated carbocycles. The van der Waals surface area contributed by atoms with Crippen LogP contribution in [0, 0.1) is 0 Å². The fraction of sp³-hybridized carbons (Fsp3) is 0.500. The van der Waals surface area contributed by atoms with E-state index in [1.165, 1.54) is 10.6 Å². The van der Waals surface area contributed by atoms with Crippen LogP contribution in [0.25, 0.3) is 5.82 Å². The Kier molecular flexibility index (Phi) is 5.77. The second-order valence-electron chi connectivity index (χ2n) is 7.18. The molecule has 2 aliphatic rings. The highest BCUT2D eigenvalue weighted by Gasteiger charge is 2.31. The van der Waals surface area contributed by atoms with E-state index in [-0.39, 0.29) is 24.1 Å². The zero-order valence-electron chi connectivity index (χ0n) is 16.4. The lowest BCUT2D eigenvalue weighted by molar-refractivity contribution is -0.147. The second kappa shape index (κ2) is 8.48. The first-order chi connectivity index (χ1) is 14.4. The largest absolute Gasteiger partial charge is 0.354 e. The van der Waals surface area contributed by atoms with Gasteiger partial charge in [-0.25, -0.2) is 23.1 Å². The lowest BCUT2D eigenvalue weighted by Crippen LogP contribution is -2.51. The van der Waals surface area contributed by atoms with E-state index in [9.17, 15) is 18.0 Å². The van der Waals surface area contributed by atoms with E-state index in [2.05, 4.69) is 15.1 Å². The Morgan fingerprint density at radius 3 is 2.33 bits per heavy atom. The topological polar surface area (TPSA) is 122 Å². The van der Waals surface area contributed by atoms with E-state index < -0.39 is 10.0 Å². The number of carbonyl (C=O) groups excluding carboxylic acids is 2. The number of piperazine rings is 1. The summed E-state index contributed by atoms with van der Waals surface area (Å²) in [5.41, 5.74) is 0. The minimum absolute atomic E-state index is 0.0840. The quantitative estimate of drug-likeness (QED) is 0.567. The number of rotatable bonds is 6. The van der Waals surface area contributed by atoms with Gasteiger partial charge in [0.1, 0.15) is 12.1 Å². The Balaban J connectivity index is 1.35. The van der Waals surface area contributed by atoms with E-state index in [1.54, 1.807) is 23.1 Å². The predicted molar refractivity (Wildman–Crippen MR) is 107 cm³/mol. The molecule has 2 saturated heterocycles. The van der Waals surface area contributed by atoms with Crippen LogP contribution in [0.15, 0.2) is 30.9 Å². The van der Waals surface area contributed by atoms with E-state index in [4.69, 9.17) is 0 Å². The van der Waals surface area contributed by atoms with Gasteiger partial charge >= 0.3 is 0 Å². The van der Waals surface area contributed by atoms with Gasteiger partial charge in [-0.3, -0.25) is 14.5 Å². The Morgan fingerprint density at radius 1 is 0.967 bits per heavy atom. The molecule has 0 atom stereocenters. The molecule has 0 radical (unpaired) electrons. The van der Waals surface area contributed by atoms with Crippen LogP contribution in [0.5, 0.6) is 0 Å². The monoisotopic (exact) mass is 433 g/mol. The van der Waals surface area contributed by atoms with Crippen LogP contribution in [-0.2, 0) is 19.6 Å². The number of piperidine rings is 1. The summed E-state index contributed by atoms with van der Waals surface area (Å²) in [6.45, 7) is 1.50. The summed E-state index contributed by atoms with van der Waals surface area (Å²) >= 11 is 0. The van der Waals surface area contributed by atoms with Gasteiger partial charge in [0.2, 0.25) is 21.8 Å². The number of carbonyl (C=O) groups is 2. The van der Waals surface area contributed by atoms with Crippen LogP contribution in [0.2, 0.25) is 0 Å². The maximum Gasteiger partial charge on any atom is 0.229 e. The minimum Gasteiger partial charge on any atom is -0.354 e. The molecule has 2 amide bonds. The number of hydrogen-bond acceptors (Lipinski definition) is 8. The molecule has 0 aliphatic carbocycles. The lowest BCUT2D eigenvalue weighted by Gasteiger charge is -2.35. The normalized spacial score (nSPS) is 18.8. The van der Waals surface area contributed by atoms with Gasteiger partial charge in [0.15, 0.2) is 5.82 Å². The molecule has 4 rings (SSSR count). The molecule has 0 bridgehead atoms. The molecule has 0 aromatic carbocycles. The molecule has 4 heterocycles. The molecule has 12 heteroatoms. The zero-order valence-corrected chi connectivity index (χ0v) is 17.2. The molecular formula is C18H23N7O4S. The molecule has 0 N–H and O–H groups in total. The van der Waals surface area contributed by atoms with Crippen molar-refractivity contribution in [3.8, 4) is 5.82 Å². The number of sulfonamides is 1. The third kappa shape index (κ3) is 4.33. The van der Waals surface area contributed by atoms with Crippen molar-refractivity contribution in [2.24, 2.45) is 0 Å². The molecule has 11 nitrogen and oxygen atoms in total. The van der Waals surface area contributed by atoms with Gasteiger partial charge in [-0.15, -0.1) is 0 Å². The summed E-state index contributed by atoms with van der Waals surface area (Å²) in [5.74, 6) is 0.514. The van der Waals surface area contributed by atoms with Gasteiger partial charge in [-0.1, -0.05) is 0 Å². The molecule has 160 valence electrons. The fourth-order valence-corrected chi connectivity index (χ4v) is 5.01. The average Bonchev–Trinajstić information content (AvgIpc) is 3.29. The summed E-state index contributed by atoms with van der Waals surface area (Å²) in [7, 11) is -3.57. The number of nitrogens with zero attached hydrogens (tertiary/aromatic N) is 7. The summed E-state index contributed by atoms with van der Waals surface area (Å²) in [4.78, 5) is 35.3. The molecular weight excluding hydrogens is 410 g/mol. The summed E-state index contributed by atoms with van der Waals surface area (Å²) in [6, 6.07) is 3.61. The van der Waals surface area contributed by atoms with Crippen LogP contribution in [0.3, 0.4) is 0 Å². The summed E-state index contributed by atoms with van der Waals surface area (Å²) in [6.07, 6.45) is 6.04. The zero-order chi connectivity index (χ0) is 21.1. The predicted octanol–water partition coefficient (Wildman–Crippen LogP) is -0.347. The second-order valence-corrected chi connectivity index (χ2v) is 9.27. The number of anilines is 1. The maximum absolute atomic E-state index is 12.7. The van der Waals surface area contributed by atoms with Gasteiger partial charge in [-0.05, 0) is 12.5 Å². The van der Waals surface area contributed by atoms with Crippen molar-refractivity contribution in [1.29, 1.82) is 0 Å². The van der Waals surface area contributed by atoms with Gasteiger partial charge in [-0.2, -0.15) is 9.40 Å². The van der Waals surface area contributed by atoms with Crippen LogP contribution < -0.4 is 4.90 Å². The van der Waals surface area contributed by atoms with Crippen molar-refractivity contribution >= 4 is 27.7 Å². The van der Waals surface area contributed by atoms with Gasteiger partial charge in [0, 0.05) is 64.0 Å². The number of aromatic nitrogens is 4. The number of amides is 2. The fourth-order valence-electron chi connectivity index (χ4n) is 3.62. The molecule has 2 aliphatic heterocycles. The smallest absolute Gasteiger partial charge is 0.229 e. The van der Waals surface area contributed by atoms with Crippen LogP contribution >= 0.6 is 0 Å². The standard InChI is InChI=1S/C18H23N7O4S/c26-17-3-1-4-18(27)24(17)11-12-30(28,29)23-9-7-22(8-10-23)15-13-16(20-14-19-15)25-6-2-5-21-25/h2,5-6,13-14H,1,3-4,7-12H2.